The molecule has 0 aliphatic rings. The van der Waals surface area contributed by atoms with Gasteiger partial charge in [-0.2, -0.15) is 26.3 Å². The molecule has 2 rings (SSSR count). The Morgan fingerprint density at radius 1 is 0.625 bits per heavy atom. The van der Waals surface area contributed by atoms with E-state index in [1.54, 1.807) is 18.7 Å². The van der Waals surface area contributed by atoms with Gasteiger partial charge < -0.3 is 4.90 Å². The van der Waals surface area contributed by atoms with Crippen LogP contribution in [0.4, 0.5) is 37.7 Å². The highest BCUT2D eigenvalue weighted by atomic mass is 19.4. The zero-order chi connectivity index (χ0) is 18.1. The summed E-state index contributed by atoms with van der Waals surface area (Å²) >= 11 is 0. The number of hydrogen-bond donors (Lipinski definition) is 0. The van der Waals surface area contributed by atoms with Gasteiger partial charge in [0, 0.05) is 17.4 Å². The maximum Gasteiger partial charge on any atom is 0.416 e. The third-order valence-corrected chi connectivity index (χ3v) is 3.46. The van der Waals surface area contributed by atoms with Gasteiger partial charge in [-0.15, -0.1) is 0 Å². The predicted molar refractivity (Wildman–Crippen MR) is 80.2 cm³/mol. The minimum Gasteiger partial charge on any atom is -0.339 e. The fourth-order valence-electron chi connectivity index (χ4n) is 2.37. The molecule has 0 aliphatic heterocycles. The summed E-state index contributed by atoms with van der Waals surface area (Å²) in [6.07, 6.45) is -8.87. The van der Waals surface area contributed by atoms with Crippen molar-refractivity contribution in [3.63, 3.8) is 0 Å². The van der Waals surface area contributed by atoms with Crippen LogP contribution in [0.15, 0.2) is 48.5 Å². The van der Waals surface area contributed by atoms with Crippen LogP contribution in [0, 0.1) is 0 Å². The van der Waals surface area contributed by atoms with Crippen molar-refractivity contribution in [2.24, 2.45) is 0 Å². The molecule has 0 unspecified atom stereocenters. The number of hydrogen-bond acceptors (Lipinski definition) is 1. The van der Waals surface area contributed by atoms with E-state index in [2.05, 4.69) is 0 Å². The van der Waals surface area contributed by atoms with Gasteiger partial charge in [0.2, 0.25) is 0 Å². The molecule has 0 saturated heterocycles. The van der Waals surface area contributed by atoms with Gasteiger partial charge in [0.25, 0.3) is 0 Å². The first-order valence-corrected chi connectivity index (χ1v) is 7.14. The molecule has 0 bridgehead atoms. The van der Waals surface area contributed by atoms with Gasteiger partial charge >= 0.3 is 12.4 Å². The Morgan fingerprint density at radius 2 is 0.917 bits per heavy atom. The number of alkyl halides is 6. The van der Waals surface area contributed by atoms with Gasteiger partial charge in [-0.05, 0) is 62.4 Å². The highest BCUT2D eigenvalue weighted by Gasteiger charge is 2.31. The Labute approximate surface area is 135 Å². The van der Waals surface area contributed by atoms with Crippen molar-refractivity contribution >= 4 is 11.4 Å². The average molecular weight is 347 g/mol. The maximum absolute atomic E-state index is 12.6. The zero-order valence-corrected chi connectivity index (χ0v) is 12.9. The van der Waals surface area contributed by atoms with E-state index in [0.29, 0.717) is 11.4 Å². The van der Waals surface area contributed by atoms with E-state index < -0.39 is 23.5 Å². The van der Waals surface area contributed by atoms with E-state index in [9.17, 15) is 26.3 Å². The van der Waals surface area contributed by atoms with Crippen LogP contribution in [0.3, 0.4) is 0 Å². The van der Waals surface area contributed by atoms with Crippen molar-refractivity contribution in [2.45, 2.75) is 32.2 Å². The molecule has 0 amide bonds. The van der Waals surface area contributed by atoms with Gasteiger partial charge in [0.15, 0.2) is 0 Å². The summed E-state index contributed by atoms with van der Waals surface area (Å²) in [5.41, 5.74) is -0.611. The third-order valence-electron chi connectivity index (χ3n) is 3.46. The van der Waals surface area contributed by atoms with Crippen molar-refractivity contribution in [3.05, 3.63) is 59.7 Å². The second kappa shape index (κ2) is 6.37. The summed E-state index contributed by atoms with van der Waals surface area (Å²) in [5, 5.41) is 0. The van der Waals surface area contributed by atoms with Crippen LogP contribution < -0.4 is 4.90 Å². The molecule has 1 nitrogen and oxygen atoms in total. The van der Waals surface area contributed by atoms with Crippen LogP contribution in [-0.4, -0.2) is 6.04 Å². The zero-order valence-electron chi connectivity index (χ0n) is 12.9. The minimum atomic E-state index is -4.43. The molecule has 0 heterocycles. The van der Waals surface area contributed by atoms with Crippen LogP contribution in [0.2, 0.25) is 0 Å². The van der Waals surface area contributed by atoms with E-state index in [1.807, 2.05) is 0 Å². The molecule has 130 valence electrons. The number of halogens is 6. The summed E-state index contributed by atoms with van der Waals surface area (Å²) in [7, 11) is 0. The number of nitrogens with zero attached hydrogens (tertiary/aromatic N) is 1. The van der Waals surface area contributed by atoms with Crippen LogP contribution in [0.25, 0.3) is 0 Å². The average Bonchev–Trinajstić information content (AvgIpc) is 2.46. The lowest BCUT2D eigenvalue weighted by atomic mass is 10.1. The van der Waals surface area contributed by atoms with Crippen molar-refractivity contribution in [1.82, 2.24) is 0 Å². The highest BCUT2D eigenvalue weighted by molar-refractivity contribution is 5.64. The monoisotopic (exact) mass is 347 g/mol. The van der Waals surface area contributed by atoms with Crippen molar-refractivity contribution in [2.75, 3.05) is 4.90 Å². The van der Waals surface area contributed by atoms with Crippen molar-refractivity contribution < 1.29 is 26.3 Å². The summed E-state index contributed by atoms with van der Waals surface area (Å²) in [5.74, 6) is 0. The molecule has 2 aromatic carbocycles. The summed E-state index contributed by atoms with van der Waals surface area (Å²) in [6.45, 7) is 3.60. The SMILES string of the molecule is CC(C)N(c1ccc(C(F)(F)F)cc1)c1ccc(C(F)(F)F)cc1. The fraction of sp³-hybridized carbons (Fsp3) is 0.294. The van der Waals surface area contributed by atoms with Gasteiger partial charge in [-0.25, -0.2) is 0 Å². The van der Waals surface area contributed by atoms with Gasteiger partial charge in [0.1, 0.15) is 0 Å². The molecule has 24 heavy (non-hydrogen) atoms. The standard InChI is InChI=1S/C17H15F6N/c1-11(2)24(14-7-3-12(4-8-14)16(18,19)20)15-9-5-13(6-10-15)17(21,22)23/h3-11H,1-2H3. The van der Waals surface area contributed by atoms with Crippen molar-refractivity contribution in [3.8, 4) is 0 Å². The third kappa shape index (κ3) is 4.01. The fourth-order valence-corrected chi connectivity index (χ4v) is 2.37. The van der Waals surface area contributed by atoms with E-state index in [0.717, 1.165) is 24.3 Å². The van der Waals surface area contributed by atoms with E-state index in [-0.39, 0.29) is 6.04 Å². The quantitative estimate of drug-likeness (QED) is 0.592. The Morgan fingerprint density at radius 3 is 1.12 bits per heavy atom. The molecule has 0 atom stereocenters. The molecule has 0 fully saturated rings. The second-order valence-electron chi connectivity index (χ2n) is 5.55. The number of benzene rings is 2. The van der Waals surface area contributed by atoms with Crippen LogP contribution in [0.1, 0.15) is 25.0 Å². The Kier molecular flexibility index (Phi) is 4.82. The Hall–Kier alpha value is -2.18. The lowest BCUT2D eigenvalue weighted by molar-refractivity contribution is -0.138. The molecule has 0 N–H and O–H groups in total. The first-order valence-electron chi connectivity index (χ1n) is 7.14. The first kappa shape index (κ1) is 18.2. The lowest BCUT2D eigenvalue weighted by Crippen LogP contribution is -2.25. The van der Waals surface area contributed by atoms with Crippen LogP contribution >= 0.6 is 0 Å². The number of anilines is 2. The molecule has 0 radical (unpaired) electrons. The largest absolute Gasteiger partial charge is 0.416 e. The molecular weight excluding hydrogens is 332 g/mol. The van der Waals surface area contributed by atoms with Gasteiger partial charge in [-0.1, -0.05) is 0 Å². The molecule has 0 aliphatic carbocycles. The lowest BCUT2D eigenvalue weighted by Gasteiger charge is -2.29. The van der Waals surface area contributed by atoms with Crippen LogP contribution in [-0.2, 0) is 12.4 Å². The van der Waals surface area contributed by atoms with Crippen molar-refractivity contribution in [1.29, 1.82) is 0 Å². The van der Waals surface area contributed by atoms with Gasteiger partial charge in [-0.3, -0.25) is 0 Å². The summed E-state index contributed by atoms with van der Waals surface area (Å²) in [4.78, 5) is 1.67. The smallest absolute Gasteiger partial charge is 0.339 e. The molecule has 2 aromatic rings. The summed E-state index contributed by atoms with van der Waals surface area (Å²) < 4.78 is 75.8. The van der Waals surface area contributed by atoms with Crippen LogP contribution in [0.5, 0.6) is 0 Å². The Balaban J connectivity index is 2.36. The van der Waals surface area contributed by atoms with E-state index >= 15 is 0 Å². The normalized spacial score (nSPS) is 12.5. The predicted octanol–water partition coefficient (Wildman–Crippen LogP) is 6.27. The summed E-state index contributed by atoms with van der Waals surface area (Å²) in [6, 6.07) is 8.88. The molecule has 0 spiro atoms. The maximum atomic E-state index is 12.6. The molecule has 7 heteroatoms. The molecular formula is C17H15F6N. The topological polar surface area (TPSA) is 3.24 Å². The first-order chi connectivity index (χ1) is 11.0. The number of rotatable bonds is 3. The molecule has 0 aromatic heterocycles. The highest BCUT2D eigenvalue weighted by Crippen LogP contribution is 2.35. The van der Waals surface area contributed by atoms with Gasteiger partial charge in [0.05, 0.1) is 11.1 Å². The second-order valence-corrected chi connectivity index (χ2v) is 5.55. The van der Waals surface area contributed by atoms with E-state index in [4.69, 9.17) is 0 Å². The minimum absolute atomic E-state index is 0.154. The molecule has 0 saturated carbocycles. The van der Waals surface area contributed by atoms with E-state index in [1.165, 1.54) is 24.3 Å². The Bertz CT molecular complexity index is 611.